The molecular formula is C39H43F3N8O. The van der Waals surface area contributed by atoms with Gasteiger partial charge in [-0.25, -0.2) is 4.98 Å². The molecule has 1 fully saturated rings. The first kappa shape index (κ1) is 35.9. The molecule has 9 nitrogen and oxygen atoms in total. The van der Waals surface area contributed by atoms with E-state index >= 15 is 0 Å². The topological polar surface area (TPSA) is 73.9 Å². The van der Waals surface area contributed by atoms with Gasteiger partial charge in [-0.3, -0.25) is 18.8 Å². The van der Waals surface area contributed by atoms with Crippen LogP contribution in [0.15, 0.2) is 73.3 Å². The van der Waals surface area contributed by atoms with Crippen molar-refractivity contribution in [2.75, 3.05) is 58.7 Å². The number of Topliss-reactive ketones (excluding diaryl/α,β-unsaturated/α-hetero) is 1. The quantitative estimate of drug-likeness (QED) is 0.132. The Morgan fingerprint density at radius 2 is 1.78 bits per heavy atom. The van der Waals surface area contributed by atoms with Crippen molar-refractivity contribution in [3.63, 3.8) is 0 Å². The number of hydrogen-bond donors (Lipinski definition) is 1. The number of aromatic nitrogens is 4. The fourth-order valence-electron chi connectivity index (χ4n) is 6.20. The Morgan fingerprint density at radius 1 is 1.00 bits per heavy atom. The zero-order chi connectivity index (χ0) is 36.1. The number of aryl methyl sites for hydroxylation is 1. The number of nitrogens with zero attached hydrogens (tertiary/aromatic N) is 7. The molecule has 1 aliphatic rings. The second-order valence-electron chi connectivity index (χ2n) is 13.3. The van der Waals surface area contributed by atoms with E-state index in [1.807, 2.05) is 60.7 Å². The molecule has 0 bridgehead atoms. The number of rotatable bonds is 11. The first-order valence-electron chi connectivity index (χ1n) is 17.2. The summed E-state index contributed by atoms with van der Waals surface area (Å²) in [5, 5.41) is 7.83. The number of imidazole rings is 1. The minimum atomic E-state index is -4.52. The summed E-state index contributed by atoms with van der Waals surface area (Å²) in [6, 6.07) is 13.4. The van der Waals surface area contributed by atoms with Crippen molar-refractivity contribution in [3.8, 4) is 11.8 Å². The molecule has 0 saturated carbocycles. The first-order valence-corrected chi connectivity index (χ1v) is 17.2. The van der Waals surface area contributed by atoms with E-state index in [9.17, 15) is 18.0 Å². The number of carbonyl (C=O) groups excluding carboxylic acids is 1. The van der Waals surface area contributed by atoms with Crippen LogP contribution in [0.5, 0.6) is 0 Å². The number of likely N-dealkylation sites (N-methyl/N-ethyl adjacent to an activating group) is 2. The maximum Gasteiger partial charge on any atom is 0.416 e. The summed E-state index contributed by atoms with van der Waals surface area (Å²) >= 11 is 0. The monoisotopic (exact) mass is 696 g/mol. The zero-order valence-electron chi connectivity index (χ0n) is 29.5. The molecule has 0 unspecified atom stereocenters. The van der Waals surface area contributed by atoms with Crippen molar-refractivity contribution < 1.29 is 18.0 Å². The molecule has 12 heteroatoms. The van der Waals surface area contributed by atoms with Crippen molar-refractivity contribution in [1.82, 2.24) is 33.9 Å². The molecule has 1 aliphatic heterocycles. The highest BCUT2D eigenvalue weighted by Crippen LogP contribution is 2.34. The Morgan fingerprint density at radius 3 is 2.53 bits per heavy atom. The molecule has 0 spiro atoms. The number of halogens is 3. The predicted molar refractivity (Wildman–Crippen MR) is 193 cm³/mol. The molecule has 5 aromatic rings. The molecule has 1 saturated heterocycles. The van der Waals surface area contributed by atoms with Gasteiger partial charge in [-0.2, -0.15) is 18.3 Å². The summed E-state index contributed by atoms with van der Waals surface area (Å²) in [4.78, 5) is 24.4. The van der Waals surface area contributed by atoms with Crippen LogP contribution < -0.4 is 5.32 Å². The zero-order valence-corrected chi connectivity index (χ0v) is 29.5. The highest BCUT2D eigenvalue weighted by atomic mass is 19.4. The van der Waals surface area contributed by atoms with Gasteiger partial charge in [0.25, 0.3) is 0 Å². The molecule has 6 rings (SSSR count). The van der Waals surface area contributed by atoms with Crippen molar-refractivity contribution in [3.05, 3.63) is 112 Å². The lowest BCUT2D eigenvalue weighted by atomic mass is 9.96. The number of pyridine rings is 1. The number of anilines is 2. The Balaban J connectivity index is 1.16. The number of hydrogen-bond acceptors (Lipinski definition) is 7. The fraction of sp³-hybridized carbons (Fsp3) is 0.359. The van der Waals surface area contributed by atoms with Gasteiger partial charge >= 0.3 is 6.18 Å². The van der Waals surface area contributed by atoms with Gasteiger partial charge in [0.15, 0.2) is 11.4 Å². The van der Waals surface area contributed by atoms with Crippen LogP contribution in [0.3, 0.4) is 0 Å². The van der Waals surface area contributed by atoms with E-state index in [4.69, 9.17) is 0 Å². The molecule has 0 atom stereocenters. The summed E-state index contributed by atoms with van der Waals surface area (Å²) in [6.45, 7) is 9.96. The number of fused-ring (bicyclic) bond motifs is 1. The lowest BCUT2D eigenvalue weighted by Gasteiger charge is -2.34. The molecule has 266 valence electrons. The van der Waals surface area contributed by atoms with E-state index in [1.54, 1.807) is 30.6 Å². The average molecular weight is 697 g/mol. The number of benzene rings is 2. The minimum Gasteiger partial charge on any atom is -0.350 e. The largest absolute Gasteiger partial charge is 0.416 e. The van der Waals surface area contributed by atoms with Gasteiger partial charge in [0.2, 0.25) is 0 Å². The normalized spacial score (nSPS) is 14.2. The fourth-order valence-corrected chi connectivity index (χ4v) is 6.20. The van der Waals surface area contributed by atoms with Gasteiger partial charge in [-0.15, -0.1) is 0 Å². The van der Waals surface area contributed by atoms with Crippen molar-refractivity contribution in [2.45, 2.75) is 39.5 Å². The van der Waals surface area contributed by atoms with E-state index in [0.717, 1.165) is 68.8 Å². The Bertz CT molecular complexity index is 2060. The van der Waals surface area contributed by atoms with Crippen LogP contribution in [0.4, 0.5) is 24.5 Å². The van der Waals surface area contributed by atoms with E-state index in [-0.39, 0.29) is 24.3 Å². The van der Waals surface area contributed by atoms with Crippen molar-refractivity contribution in [2.24, 2.45) is 0 Å². The second-order valence-corrected chi connectivity index (χ2v) is 13.3. The maximum absolute atomic E-state index is 14.2. The third-order valence-corrected chi connectivity index (χ3v) is 9.26. The Kier molecular flexibility index (Phi) is 10.9. The van der Waals surface area contributed by atoms with Crippen LogP contribution in [0.1, 0.15) is 50.8 Å². The van der Waals surface area contributed by atoms with Crippen LogP contribution in [0.2, 0.25) is 0 Å². The molecule has 0 aliphatic carbocycles. The van der Waals surface area contributed by atoms with E-state index in [2.05, 4.69) is 48.9 Å². The van der Waals surface area contributed by atoms with Crippen LogP contribution in [0.25, 0.3) is 5.65 Å². The van der Waals surface area contributed by atoms with E-state index in [0.29, 0.717) is 28.0 Å². The summed E-state index contributed by atoms with van der Waals surface area (Å²) < 4.78 is 46.3. The third-order valence-electron chi connectivity index (χ3n) is 9.26. The maximum atomic E-state index is 14.2. The standard InChI is InChI=1S/C39H43F3N8O/c1-5-47-16-18-48(19-17-47)26-32-11-9-29(21-35(32)39(40,41)42)22-37(51)31-10-8-28(2)30(23-31)12-13-34-25-43-38-36(7-6-14-50(34)38)45-33-24-44-49(27-33)20-15-46(3)4/h6-11,14,21,23-25,27,45H,5,15-20,22,26H2,1-4H3. The Labute approximate surface area is 296 Å². The Hall–Kier alpha value is -4.96. The highest BCUT2D eigenvalue weighted by molar-refractivity contribution is 5.98. The molecule has 2 aromatic carbocycles. The summed E-state index contributed by atoms with van der Waals surface area (Å²) in [5.41, 5.74) is 4.84. The molecule has 1 N–H and O–H groups in total. The second kappa shape index (κ2) is 15.5. The molecule has 51 heavy (non-hydrogen) atoms. The van der Waals surface area contributed by atoms with Gasteiger partial charge in [-0.1, -0.05) is 37.1 Å². The molecule has 4 heterocycles. The number of piperazine rings is 1. The van der Waals surface area contributed by atoms with Gasteiger partial charge in [0.1, 0.15) is 5.69 Å². The van der Waals surface area contributed by atoms with Gasteiger partial charge in [-0.05, 0) is 74.4 Å². The lowest BCUT2D eigenvalue weighted by molar-refractivity contribution is -0.138. The summed E-state index contributed by atoms with van der Waals surface area (Å²) in [7, 11) is 4.05. The van der Waals surface area contributed by atoms with E-state index in [1.165, 1.54) is 6.07 Å². The van der Waals surface area contributed by atoms with Crippen LogP contribution in [-0.4, -0.2) is 93.0 Å². The minimum absolute atomic E-state index is 0.147. The van der Waals surface area contributed by atoms with Gasteiger partial charge in [0, 0.05) is 69.2 Å². The first-order chi connectivity index (χ1) is 24.5. The molecule has 0 radical (unpaired) electrons. The SMILES string of the molecule is CCN1CCN(Cc2ccc(CC(=O)c3ccc(C)c(C#Cc4cnc5c(Nc6cnn(CCN(C)C)c6)cccn45)c3)cc2C(F)(F)F)CC1. The van der Waals surface area contributed by atoms with Crippen molar-refractivity contribution in [1.29, 1.82) is 0 Å². The van der Waals surface area contributed by atoms with Crippen molar-refractivity contribution >= 4 is 22.8 Å². The lowest BCUT2D eigenvalue weighted by Crippen LogP contribution is -2.45. The number of alkyl halides is 3. The smallest absolute Gasteiger partial charge is 0.350 e. The average Bonchev–Trinajstić information content (AvgIpc) is 3.74. The number of carbonyl (C=O) groups is 1. The van der Waals surface area contributed by atoms with E-state index < -0.39 is 11.7 Å². The van der Waals surface area contributed by atoms with Gasteiger partial charge in [0.05, 0.1) is 35.9 Å². The highest BCUT2D eigenvalue weighted by Gasteiger charge is 2.34. The summed E-state index contributed by atoms with van der Waals surface area (Å²) in [6.07, 6.45) is 2.65. The predicted octanol–water partition coefficient (Wildman–Crippen LogP) is 6.13. The molecule has 0 amide bonds. The third kappa shape index (κ3) is 8.86. The number of ketones is 1. The summed E-state index contributed by atoms with van der Waals surface area (Å²) in [5.74, 6) is 6.10. The van der Waals surface area contributed by atoms with Gasteiger partial charge < -0.3 is 15.1 Å². The molecular weight excluding hydrogens is 653 g/mol. The van der Waals surface area contributed by atoms with Crippen LogP contribution >= 0.6 is 0 Å². The van der Waals surface area contributed by atoms with Crippen LogP contribution in [-0.2, 0) is 25.7 Å². The molecule has 3 aromatic heterocycles. The van der Waals surface area contributed by atoms with Crippen LogP contribution in [0, 0.1) is 18.8 Å². The number of nitrogens with one attached hydrogen (secondary N) is 1.